The van der Waals surface area contributed by atoms with Crippen LogP contribution in [0.25, 0.3) is 22.2 Å². The molecule has 3 heterocycles. The summed E-state index contributed by atoms with van der Waals surface area (Å²) in [5.41, 5.74) is 1.60. The summed E-state index contributed by atoms with van der Waals surface area (Å²) in [5.74, 6) is 3.02. The van der Waals surface area contributed by atoms with Gasteiger partial charge in [0.1, 0.15) is 28.7 Å². The molecule has 0 radical (unpaired) electrons. The first-order chi connectivity index (χ1) is 14.1. The number of H-pyrrole nitrogens is 1. The molecule has 0 spiro atoms. The fourth-order valence-electron chi connectivity index (χ4n) is 2.91. The van der Waals surface area contributed by atoms with Crippen LogP contribution in [-0.2, 0) is 6.42 Å². The average molecular weight is 448 g/mol. The Morgan fingerprint density at radius 3 is 2.62 bits per heavy atom. The Morgan fingerprint density at radius 2 is 1.93 bits per heavy atom. The quantitative estimate of drug-likeness (QED) is 0.301. The molecule has 4 rings (SSSR count). The van der Waals surface area contributed by atoms with Crippen LogP contribution in [0.4, 0.5) is 0 Å². The maximum atomic E-state index is 6.12. The summed E-state index contributed by atoms with van der Waals surface area (Å²) < 4.78 is 12.6. The Hall–Kier alpha value is -2.28. The summed E-state index contributed by atoms with van der Waals surface area (Å²) in [6.07, 6.45) is 4.30. The van der Waals surface area contributed by atoms with E-state index in [2.05, 4.69) is 9.97 Å². The van der Waals surface area contributed by atoms with Crippen LogP contribution in [0.15, 0.2) is 47.0 Å². The van der Waals surface area contributed by atoms with Crippen molar-refractivity contribution in [2.75, 3.05) is 6.61 Å². The molecule has 0 unspecified atom stereocenters. The number of aromatic nitrogens is 3. The highest BCUT2D eigenvalue weighted by Crippen LogP contribution is 2.35. The van der Waals surface area contributed by atoms with Crippen LogP contribution in [0.2, 0.25) is 9.36 Å². The van der Waals surface area contributed by atoms with Gasteiger partial charge in [-0.3, -0.25) is 0 Å². The number of benzene rings is 1. The van der Waals surface area contributed by atoms with Gasteiger partial charge in [0.15, 0.2) is 0 Å². The highest BCUT2D eigenvalue weighted by atomic mass is 35.5. The van der Waals surface area contributed by atoms with Gasteiger partial charge in [-0.05, 0) is 56.2 Å². The van der Waals surface area contributed by atoms with E-state index in [0.29, 0.717) is 17.5 Å². The fraction of sp³-hybridized carbons (Fsp3) is 0.238. The molecule has 1 aromatic carbocycles. The number of nitrogens with zero attached hydrogens (tertiary/aromatic N) is 2. The third-order valence-corrected chi connectivity index (χ3v) is 5.81. The largest absolute Gasteiger partial charge is 0.494 e. The van der Waals surface area contributed by atoms with Crippen LogP contribution in [0.3, 0.4) is 0 Å². The number of hydrogen-bond donors (Lipinski definition) is 1. The molecule has 0 aliphatic rings. The summed E-state index contributed by atoms with van der Waals surface area (Å²) in [4.78, 5) is 13.1. The lowest BCUT2D eigenvalue weighted by Gasteiger charge is -2.05. The predicted molar refractivity (Wildman–Crippen MR) is 117 cm³/mol. The number of aryl methyl sites for hydroxylation is 2. The van der Waals surface area contributed by atoms with Crippen LogP contribution in [0, 0.1) is 6.92 Å². The maximum Gasteiger partial charge on any atom is 0.245 e. The van der Waals surface area contributed by atoms with Crippen molar-refractivity contribution in [3.8, 4) is 27.9 Å². The zero-order chi connectivity index (χ0) is 20.2. The van der Waals surface area contributed by atoms with Crippen LogP contribution in [0.5, 0.6) is 5.75 Å². The Morgan fingerprint density at radius 1 is 1.10 bits per heavy atom. The summed E-state index contributed by atoms with van der Waals surface area (Å²) in [5, 5.41) is 0.701. The number of ether oxygens (including phenoxy) is 1. The Bertz CT molecular complexity index is 1090. The van der Waals surface area contributed by atoms with Crippen molar-refractivity contribution in [3.63, 3.8) is 0 Å². The van der Waals surface area contributed by atoms with Crippen LogP contribution >= 0.6 is 34.5 Å². The Kier molecular flexibility index (Phi) is 6.23. The molecule has 5 nitrogen and oxygen atoms in total. The number of unbranched alkanes of at least 4 members (excludes halogenated alkanes) is 1. The van der Waals surface area contributed by atoms with Gasteiger partial charge < -0.3 is 14.1 Å². The molecule has 0 saturated carbocycles. The van der Waals surface area contributed by atoms with Gasteiger partial charge in [0.2, 0.25) is 5.89 Å². The van der Waals surface area contributed by atoms with Gasteiger partial charge in [0.25, 0.3) is 0 Å². The lowest BCUT2D eigenvalue weighted by atomic mass is 10.1. The summed E-state index contributed by atoms with van der Waals surface area (Å²) in [6.45, 7) is 2.52. The zero-order valence-corrected chi connectivity index (χ0v) is 18.1. The van der Waals surface area contributed by atoms with E-state index >= 15 is 0 Å². The van der Waals surface area contributed by atoms with Gasteiger partial charge in [-0.1, -0.05) is 23.2 Å². The molecule has 8 heteroatoms. The van der Waals surface area contributed by atoms with Crippen molar-refractivity contribution in [1.82, 2.24) is 15.0 Å². The fourth-order valence-corrected chi connectivity index (χ4v) is 4.09. The first kappa shape index (κ1) is 20.0. The first-order valence-corrected chi connectivity index (χ1v) is 10.8. The maximum absolute atomic E-state index is 6.12. The Labute approximate surface area is 182 Å². The normalized spacial score (nSPS) is 11.1. The number of oxazole rings is 1. The van der Waals surface area contributed by atoms with Gasteiger partial charge in [-0.2, -0.15) is 0 Å². The van der Waals surface area contributed by atoms with Crippen molar-refractivity contribution in [3.05, 3.63) is 63.5 Å². The molecule has 0 aliphatic heterocycles. The van der Waals surface area contributed by atoms with E-state index in [9.17, 15) is 0 Å². The smallest absolute Gasteiger partial charge is 0.245 e. The second kappa shape index (κ2) is 9.03. The van der Waals surface area contributed by atoms with E-state index in [0.717, 1.165) is 57.2 Å². The number of hydrogen-bond acceptors (Lipinski definition) is 5. The molecule has 29 heavy (non-hydrogen) atoms. The van der Waals surface area contributed by atoms with E-state index < -0.39 is 0 Å². The van der Waals surface area contributed by atoms with Gasteiger partial charge in [-0.25, -0.2) is 9.97 Å². The molecule has 0 bridgehead atoms. The van der Waals surface area contributed by atoms with Crippen molar-refractivity contribution in [1.29, 1.82) is 0 Å². The molecular weight excluding hydrogens is 429 g/mol. The lowest BCUT2D eigenvalue weighted by molar-refractivity contribution is 0.305. The zero-order valence-electron chi connectivity index (χ0n) is 15.7. The minimum atomic E-state index is 0.539. The standard InChI is InChI=1S/C21H19Cl2N3O2S/c1-13-24-12-16(25-13)21-26-20(18-9-10-19(23)29-18)17(28-21)4-2-3-11-27-15-7-5-14(22)6-8-15/h5-10,12H,2-4,11H2,1H3,(H,24,25). The van der Waals surface area contributed by atoms with Crippen molar-refractivity contribution >= 4 is 34.5 Å². The number of halogens is 2. The highest BCUT2D eigenvalue weighted by molar-refractivity contribution is 7.19. The molecule has 0 amide bonds. The van der Waals surface area contributed by atoms with Crippen molar-refractivity contribution in [2.45, 2.75) is 26.2 Å². The average Bonchev–Trinajstić information content (AvgIpc) is 3.42. The monoisotopic (exact) mass is 447 g/mol. The molecule has 0 fully saturated rings. The molecule has 150 valence electrons. The number of nitrogens with one attached hydrogen (secondary N) is 1. The molecule has 4 aromatic rings. The second-order valence-corrected chi connectivity index (χ2v) is 8.69. The third kappa shape index (κ3) is 5.01. The van der Waals surface area contributed by atoms with Gasteiger partial charge in [-0.15, -0.1) is 11.3 Å². The summed E-state index contributed by atoms with van der Waals surface area (Å²) in [6, 6.07) is 11.2. The third-order valence-electron chi connectivity index (χ3n) is 4.32. The van der Waals surface area contributed by atoms with Crippen LogP contribution < -0.4 is 4.74 Å². The van der Waals surface area contributed by atoms with E-state index in [1.807, 2.05) is 43.3 Å². The van der Waals surface area contributed by atoms with Gasteiger partial charge in [0.05, 0.1) is 22.0 Å². The van der Waals surface area contributed by atoms with Crippen molar-refractivity contribution in [2.24, 2.45) is 0 Å². The molecule has 0 aliphatic carbocycles. The first-order valence-electron chi connectivity index (χ1n) is 9.24. The second-order valence-electron chi connectivity index (χ2n) is 6.54. The number of thiophene rings is 1. The lowest BCUT2D eigenvalue weighted by Crippen LogP contribution is -1.98. The van der Waals surface area contributed by atoms with Crippen LogP contribution in [-0.4, -0.2) is 21.6 Å². The topological polar surface area (TPSA) is 63.9 Å². The molecule has 3 aromatic heterocycles. The predicted octanol–water partition coefficient (Wildman–Crippen LogP) is 6.81. The number of imidazole rings is 1. The van der Waals surface area contributed by atoms with Gasteiger partial charge in [0, 0.05) is 11.4 Å². The minimum absolute atomic E-state index is 0.539. The Balaban J connectivity index is 1.42. The number of aromatic amines is 1. The minimum Gasteiger partial charge on any atom is -0.494 e. The van der Waals surface area contributed by atoms with E-state index in [1.165, 1.54) is 11.3 Å². The van der Waals surface area contributed by atoms with Crippen LogP contribution in [0.1, 0.15) is 24.4 Å². The van der Waals surface area contributed by atoms with E-state index in [4.69, 9.17) is 37.3 Å². The molecule has 1 N–H and O–H groups in total. The number of rotatable bonds is 8. The molecule has 0 atom stereocenters. The van der Waals surface area contributed by atoms with Gasteiger partial charge >= 0.3 is 0 Å². The summed E-state index contributed by atoms with van der Waals surface area (Å²) >= 11 is 13.5. The van der Waals surface area contributed by atoms with E-state index in [1.54, 1.807) is 6.20 Å². The highest BCUT2D eigenvalue weighted by Gasteiger charge is 2.18. The molecule has 0 saturated heterocycles. The summed E-state index contributed by atoms with van der Waals surface area (Å²) in [7, 11) is 0. The SMILES string of the molecule is Cc1ncc(-c2nc(-c3ccc(Cl)s3)c(CCCCOc3ccc(Cl)cc3)o2)[nH]1. The molecular formula is C21H19Cl2N3O2S. The van der Waals surface area contributed by atoms with E-state index in [-0.39, 0.29) is 0 Å². The van der Waals surface area contributed by atoms with Crippen molar-refractivity contribution < 1.29 is 9.15 Å².